The van der Waals surface area contributed by atoms with E-state index in [0.717, 1.165) is 17.8 Å². The zero-order chi connectivity index (χ0) is 24.3. The molecule has 0 radical (unpaired) electrons. The van der Waals surface area contributed by atoms with E-state index >= 15 is 0 Å². The summed E-state index contributed by atoms with van der Waals surface area (Å²) >= 11 is 0. The molecule has 0 saturated carbocycles. The molecule has 1 amide bonds. The van der Waals surface area contributed by atoms with Crippen molar-refractivity contribution in [1.82, 2.24) is 9.88 Å². The Morgan fingerprint density at radius 2 is 1.75 bits per heavy atom. The summed E-state index contributed by atoms with van der Waals surface area (Å²) in [6, 6.07) is 6.61. The number of halogens is 5. The predicted octanol–water partition coefficient (Wildman–Crippen LogP) is 2.92. The molecule has 0 spiro atoms. The number of nitrogens with one attached hydrogen (secondary N) is 1. The number of rotatable bonds is 9. The van der Waals surface area contributed by atoms with Crippen LogP contribution in [0.15, 0.2) is 41.4 Å². The topological polar surface area (TPSA) is 121 Å². The third kappa shape index (κ3) is 6.00. The van der Waals surface area contributed by atoms with Crippen molar-refractivity contribution in [1.29, 1.82) is 0 Å². The molecular weight excluding hydrogens is 469 g/mol. The summed E-state index contributed by atoms with van der Waals surface area (Å²) in [7, 11) is -4.27. The SMILES string of the molecule is Cc1ccc(S(=O)(=O)OCc2ccn(CC(=O)NCC(F)(F)C(F)(F)F)c2[N+](=O)[O-])cc1. The second kappa shape index (κ2) is 9.20. The summed E-state index contributed by atoms with van der Waals surface area (Å²) in [5, 5.41) is 12.7. The van der Waals surface area contributed by atoms with Crippen LogP contribution in [0.4, 0.5) is 27.8 Å². The van der Waals surface area contributed by atoms with Crippen LogP contribution in [0.3, 0.4) is 0 Å². The van der Waals surface area contributed by atoms with Crippen LogP contribution in [-0.4, -0.2) is 42.5 Å². The molecule has 0 aliphatic rings. The Bertz CT molecular complexity index is 1100. The number of benzene rings is 1. The van der Waals surface area contributed by atoms with E-state index in [4.69, 9.17) is 4.18 Å². The molecule has 0 aliphatic heterocycles. The highest BCUT2D eigenvalue weighted by atomic mass is 32.2. The Labute approximate surface area is 178 Å². The highest BCUT2D eigenvalue weighted by Crippen LogP contribution is 2.34. The Hall–Kier alpha value is -3.07. The summed E-state index contributed by atoms with van der Waals surface area (Å²) in [4.78, 5) is 21.9. The maximum absolute atomic E-state index is 12.9. The first-order chi connectivity index (χ1) is 14.6. The van der Waals surface area contributed by atoms with E-state index in [-0.39, 0.29) is 10.5 Å². The molecule has 2 aromatic rings. The van der Waals surface area contributed by atoms with E-state index in [0.29, 0.717) is 4.57 Å². The third-order valence-corrected chi connectivity index (χ3v) is 5.38. The monoisotopic (exact) mass is 485 g/mol. The van der Waals surface area contributed by atoms with Crippen LogP contribution in [-0.2, 0) is 32.2 Å². The van der Waals surface area contributed by atoms with Gasteiger partial charge in [-0.1, -0.05) is 17.7 Å². The Balaban J connectivity index is 2.11. The molecule has 1 N–H and O–H groups in total. The first-order valence-corrected chi connectivity index (χ1v) is 10.0. The highest BCUT2D eigenvalue weighted by Gasteiger charge is 2.57. The van der Waals surface area contributed by atoms with Gasteiger partial charge in [0.05, 0.1) is 29.8 Å². The quantitative estimate of drug-likeness (QED) is 0.252. The fraction of sp³-hybridized carbons (Fsp3) is 0.353. The molecule has 176 valence electrons. The molecule has 32 heavy (non-hydrogen) atoms. The fourth-order valence-electron chi connectivity index (χ4n) is 2.41. The van der Waals surface area contributed by atoms with Crippen LogP contribution in [0, 0.1) is 17.0 Å². The average Bonchev–Trinajstić information content (AvgIpc) is 3.07. The van der Waals surface area contributed by atoms with Crippen LogP contribution in [0.5, 0.6) is 0 Å². The summed E-state index contributed by atoms with van der Waals surface area (Å²) in [5.41, 5.74) is 0.516. The lowest BCUT2D eigenvalue weighted by atomic mass is 10.2. The summed E-state index contributed by atoms with van der Waals surface area (Å²) in [6.07, 6.45) is -4.91. The molecule has 0 saturated heterocycles. The van der Waals surface area contributed by atoms with Crippen LogP contribution in [0.1, 0.15) is 11.1 Å². The predicted molar refractivity (Wildman–Crippen MR) is 98.3 cm³/mol. The van der Waals surface area contributed by atoms with Crippen LogP contribution in [0.25, 0.3) is 0 Å². The van der Waals surface area contributed by atoms with Crippen LogP contribution < -0.4 is 5.32 Å². The zero-order valence-electron chi connectivity index (χ0n) is 16.2. The van der Waals surface area contributed by atoms with Gasteiger partial charge in [-0.2, -0.15) is 30.4 Å². The standard InChI is InChI=1S/C17H16F5N3O6S/c1-11-2-4-13(5-3-11)32(29,30)31-9-12-6-7-24(15(12)25(27)28)8-14(26)23-10-16(18,19)17(20,21)22/h2-7H,8-10H2,1H3,(H,23,26). The molecule has 0 fully saturated rings. The molecule has 1 aromatic carbocycles. The van der Waals surface area contributed by atoms with Gasteiger partial charge in [0, 0.05) is 0 Å². The summed E-state index contributed by atoms with van der Waals surface area (Å²) < 4.78 is 92.1. The fourth-order valence-corrected chi connectivity index (χ4v) is 3.29. The lowest BCUT2D eigenvalue weighted by molar-refractivity contribution is -0.392. The number of aromatic nitrogens is 1. The van der Waals surface area contributed by atoms with Crippen molar-refractivity contribution in [3.8, 4) is 0 Å². The van der Waals surface area contributed by atoms with E-state index in [2.05, 4.69) is 0 Å². The molecule has 1 aromatic heterocycles. The molecule has 0 unspecified atom stereocenters. The Morgan fingerprint density at radius 3 is 2.28 bits per heavy atom. The van der Waals surface area contributed by atoms with E-state index in [1.54, 1.807) is 6.92 Å². The van der Waals surface area contributed by atoms with E-state index in [1.807, 2.05) is 0 Å². The number of carbonyl (C=O) groups excluding carboxylic acids is 1. The Kier molecular flexibility index (Phi) is 7.24. The second-order valence-electron chi connectivity index (χ2n) is 6.56. The van der Waals surface area contributed by atoms with E-state index in [1.165, 1.54) is 29.6 Å². The largest absolute Gasteiger partial charge is 0.455 e. The van der Waals surface area contributed by atoms with Crippen molar-refractivity contribution in [2.75, 3.05) is 6.54 Å². The molecular formula is C17H16F5N3O6S. The first kappa shape index (κ1) is 25.2. The van der Waals surface area contributed by atoms with Crippen molar-refractivity contribution in [3.63, 3.8) is 0 Å². The lowest BCUT2D eigenvalue weighted by Gasteiger charge is -2.19. The first-order valence-electron chi connectivity index (χ1n) is 8.64. The maximum Gasteiger partial charge on any atom is 0.455 e. The van der Waals surface area contributed by atoms with Gasteiger partial charge in [-0.05, 0) is 30.0 Å². The second-order valence-corrected chi connectivity index (χ2v) is 8.17. The van der Waals surface area contributed by atoms with E-state index < -0.39 is 58.6 Å². The van der Waals surface area contributed by atoms with Crippen molar-refractivity contribution < 1.29 is 44.3 Å². The lowest BCUT2D eigenvalue weighted by Crippen LogP contribution is -2.47. The van der Waals surface area contributed by atoms with Gasteiger partial charge >= 0.3 is 17.9 Å². The van der Waals surface area contributed by atoms with Gasteiger partial charge in [0.2, 0.25) is 0 Å². The zero-order valence-corrected chi connectivity index (χ0v) is 17.0. The third-order valence-electron chi connectivity index (χ3n) is 4.10. The number of nitrogens with zero attached hydrogens (tertiary/aromatic N) is 2. The smallest absolute Gasteiger partial charge is 0.358 e. The highest BCUT2D eigenvalue weighted by molar-refractivity contribution is 7.86. The Morgan fingerprint density at radius 1 is 1.16 bits per heavy atom. The molecule has 15 heteroatoms. The molecule has 0 atom stereocenters. The summed E-state index contributed by atoms with van der Waals surface area (Å²) in [6.45, 7) is -2.07. The van der Waals surface area contributed by atoms with Crippen molar-refractivity contribution >= 4 is 21.8 Å². The normalized spacial score (nSPS) is 12.6. The number of aryl methyl sites for hydroxylation is 1. The van der Waals surface area contributed by atoms with E-state index in [9.17, 15) is 45.3 Å². The number of nitro groups is 1. The molecule has 0 bridgehead atoms. The van der Waals surface area contributed by atoms with Crippen LogP contribution in [0.2, 0.25) is 0 Å². The van der Waals surface area contributed by atoms with Crippen molar-refractivity contribution in [3.05, 3.63) is 57.8 Å². The number of carbonyl (C=O) groups is 1. The van der Waals surface area contributed by atoms with Gasteiger partial charge in [0.25, 0.3) is 16.0 Å². The molecule has 1 heterocycles. The van der Waals surface area contributed by atoms with Crippen molar-refractivity contribution in [2.24, 2.45) is 0 Å². The average molecular weight is 485 g/mol. The molecule has 2 rings (SSSR count). The number of amides is 1. The minimum absolute atomic E-state index is 0.199. The van der Waals surface area contributed by atoms with Crippen LogP contribution >= 0.6 is 0 Å². The summed E-state index contributed by atoms with van der Waals surface area (Å²) in [5.74, 6) is -7.33. The van der Waals surface area contributed by atoms with Gasteiger partial charge in [-0.15, -0.1) is 0 Å². The van der Waals surface area contributed by atoms with Gasteiger partial charge < -0.3 is 15.4 Å². The van der Waals surface area contributed by atoms with Crippen molar-refractivity contribution in [2.45, 2.75) is 37.1 Å². The maximum atomic E-state index is 12.9. The van der Waals surface area contributed by atoms with Gasteiger partial charge in [0.15, 0.2) is 6.54 Å². The molecule has 0 aliphatic carbocycles. The number of hydrogen-bond acceptors (Lipinski definition) is 6. The van der Waals surface area contributed by atoms with Gasteiger partial charge in [-0.25, -0.2) is 4.57 Å². The minimum atomic E-state index is -5.88. The van der Waals surface area contributed by atoms with Gasteiger partial charge in [0.1, 0.15) is 0 Å². The number of hydrogen-bond donors (Lipinski definition) is 1. The molecule has 9 nitrogen and oxygen atoms in total. The van der Waals surface area contributed by atoms with Gasteiger partial charge in [-0.3, -0.25) is 8.98 Å². The minimum Gasteiger partial charge on any atom is -0.358 e. The number of alkyl halides is 5.